The van der Waals surface area contributed by atoms with Gasteiger partial charge in [-0.05, 0) is 25.1 Å². The van der Waals surface area contributed by atoms with E-state index in [-0.39, 0.29) is 0 Å². The Labute approximate surface area is 159 Å². The molecule has 0 aliphatic heterocycles. The van der Waals surface area contributed by atoms with E-state index < -0.39 is 0 Å². The lowest BCUT2D eigenvalue weighted by Gasteiger charge is -2.13. The summed E-state index contributed by atoms with van der Waals surface area (Å²) in [5.41, 5.74) is 3.17. The number of aliphatic imine (C=N–C) groups is 1. The number of benzene rings is 2. The van der Waals surface area contributed by atoms with E-state index in [4.69, 9.17) is 4.74 Å². The minimum atomic E-state index is 0.550. The molecule has 0 bridgehead atoms. The predicted molar refractivity (Wildman–Crippen MR) is 108 cm³/mol. The topological polar surface area (TPSA) is 63.5 Å². The van der Waals surface area contributed by atoms with Crippen LogP contribution in [0.15, 0.2) is 72.0 Å². The Balaban J connectivity index is 1.64. The lowest BCUT2D eigenvalue weighted by molar-refractivity contribution is 0.409. The molecule has 0 unspecified atom stereocenters. The van der Waals surface area contributed by atoms with Gasteiger partial charge < -0.3 is 15.4 Å². The highest BCUT2D eigenvalue weighted by Crippen LogP contribution is 2.16. The van der Waals surface area contributed by atoms with Crippen molar-refractivity contribution < 1.29 is 4.74 Å². The van der Waals surface area contributed by atoms with E-state index in [2.05, 4.69) is 20.7 Å². The SMILES string of the molecule is CCNC(=NCc1cnn(-c2ccccc2)c1)NCc1ccccc1OC. The molecular formula is C21H25N5O. The largest absolute Gasteiger partial charge is 0.496 e. The molecule has 6 nitrogen and oxygen atoms in total. The molecule has 0 aliphatic carbocycles. The van der Waals surface area contributed by atoms with Crippen molar-refractivity contribution >= 4 is 5.96 Å². The van der Waals surface area contributed by atoms with Crippen LogP contribution in [0.25, 0.3) is 5.69 Å². The Kier molecular flexibility index (Phi) is 6.46. The van der Waals surface area contributed by atoms with Crippen LogP contribution in [0.4, 0.5) is 0 Å². The Morgan fingerprint density at radius 2 is 1.85 bits per heavy atom. The van der Waals surface area contributed by atoms with E-state index in [9.17, 15) is 0 Å². The molecule has 27 heavy (non-hydrogen) atoms. The quantitative estimate of drug-likeness (QED) is 0.500. The van der Waals surface area contributed by atoms with Crippen molar-refractivity contribution in [2.75, 3.05) is 13.7 Å². The number of para-hydroxylation sites is 2. The highest BCUT2D eigenvalue weighted by Gasteiger charge is 2.04. The van der Waals surface area contributed by atoms with E-state index in [1.165, 1.54) is 0 Å². The van der Waals surface area contributed by atoms with Crippen molar-refractivity contribution in [2.24, 2.45) is 4.99 Å². The highest BCUT2D eigenvalue weighted by molar-refractivity contribution is 5.79. The molecule has 2 aromatic carbocycles. The van der Waals surface area contributed by atoms with Gasteiger partial charge in [-0.2, -0.15) is 5.10 Å². The number of rotatable bonds is 7. The van der Waals surface area contributed by atoms with Crippen molar-refractivity contribution in [1.29, 1.82) is 0 Å². The average molecular weight is 363 g/mol. The summed E-state index contributed by atoms with van der Waals surface area (Å²) in [6, 6.07) is 18.0. The second-order valence-electron chi connectivity index (χ2n) is 5.99. The number of hydrogen-bond acceptors (Lipinski definition) is 3. The first-order valence-electron chi connectivity index (χ1n) is 9.03. The Hall–Kier alpha value is -3.28. The molecule has 0 spiro atoms. The number of ether oxygens (including phenoxy) is 1. The van der Waals surface area contributed by atoms with Crippen LogP contribution in [0.3, 0.4) is 0 Å². The predicted octanol–water partition coefficient (Wildman–Crippen LogP) is 3.14. The molecule has 0 saturated heterocycles. The third-order valence-corrected chi connectivity index (χ3v) is 4.06. The van der Waals surface area contributed by atoms with Crippen molar-refractivity contribution in [1.82, 2.24) is 20.4 Å². The first-order chi connectivity index (χ1) is 13.3. The minimum Gasteiger partial charge on any atom is -0.496 e. The van der Waals surface area contributed by atoms with E-state index in [1.807, 2.05) is 78.6 Å². The Morgan fingerprint density at radius 1 is 1.07 bits per heavy atom. The van der Waals surface area contributed by atoms with Gasteiger partial charge in [0, 0.05) is 30.4 Å². The summed E-state index contributed by atoms with van der Waals surface area (Å²) in [5.74, 6) is 1.63. The van der Waals surface area contributed by atoms with Gasteiger partial charge in [0.25, 0.3) is 0 Å². The summed E-state index contributed by atoms with van der Waals surface area (Å²) in [4.78, 5) is 4.66. The lowest BCUT2D eigenvalue weighted by Crippen LogP contribution is -2.36. The van der Waals surface area contributed by atoms with Crippen LogP contribution in [-0.4, -0.2) is 29.4 Å². The number of nitrogens with one attached hydrogen (secondary N) is 2. The van der Waals surface area contributed by atoms with Crippen LogP contribution in [0.2, 0.25) is 0 Å². The van der Waals surface area contributed by atoms with Gasteiger partial charge in [-0.1, -0.05) is 36.4 Å². The maximum atomic E-state index is 5.40. The normalized spacial score (nSPS) is 11.3. The second kappa shape index (κ2) is 9.43. The molecule has 0 atom stereocenters. The van der Waals surface area contributed by atoms with Gasteiger partial charge >= 0.3 is 0 Å². The fourth-order valence-electron chi connectivity index (χ4n) is 2.70. The van der Waals surface area contributed by atoms with Crippen LogP contribution in [0.5, 0.6) is 5.75 Å². The van der Waals surface area contributed by atoms with E-state index in [1.54, 1.807) is 7.11 Å². The van der Waals surface area contributed by atoms with E-state index in [0.717, 1.165) is 35.1 Å². The monoisotopic (exact) mass is 363 g/mol. The van der Waals surface area contributed by atoms with Gasteiger partial charge in [0.2, 0.25) is 0 Å². The Morgan fingerprint density at radius 3 is 2.63 bits per heavy atom. The van der Waals surface area contributed by atoms with Crippen molar-refractivity contribution in [3.63, 3.8) is 0 Å². The number of nitrogens with zero attached hydrogens (tertiary/aromatic N) is 3. The molecule has 2 N–H and O–H groups in total. The maximum Gasteiger partial charge on any atom is 0.191 e. The molecule has 0 radical (unpaired) electrons. The van der Waals surface area contributed by atoms with Crippen LogP contribution in [-0.2, 0) is 13.1 Å². The smallest absolute Gasteiger partial charge is 0.191 e. The standard InChI is InChI=1S/C21H25N5O/c1-3-22-21(24-15-18-9-7-8-12-20(18)27-2)23-13-17-14-25-26(16-17)19-10-5-4-6-11-19/h4-12,14,16H,3,13,15H2,1-2H3,(H2,22,23,24). The van der Waals surface area contributed by atoms with Crippen LogP contribution < -0.4 is 15.4 Å². The zero-order chi connectivity index (χ0) is 18.9. The van der Waals surface area contributed by atoms with Gasteiger partial charge in [0.1, 0.15) is 5.75 Å². The van der Waals surface area contributed by atoms with Crippen LogP contribution in [0.1, 0.15) is 18.1 Å². The van der Waals surface area contributed by atoms with Crippen molar-refractivity contribution in [2.45, 2.75) is 20.0 Å². The van der Waals surface area contributed by atoms with Gasteiger partial charge in [0.05, 0.1) is 25.5 Å². The third-order valence-electron chi connectivity index (χ3n) is 4.06. The zero-order valence-corrected chi connectivity index (χ0v) is 15.7. The summed E-state index contributed by atoms with van der Waals surface area (Å²) in [7, 11) is 1.68. The lowest BCUT2D eigenvalue weighted by atomic mass is 10.2. The molecular weight excluding hydrogens is 338 g/mol. The fraction of sp³-hybridized carbons (Fsp3) is 0.238. The first kappa shape index (κ1) is 18.5. The molecule has 1 aromatic heterocycles. The van der Waals surface area contributed by atoms with E-state index in [0.29, 0.717) is 13.1 Å². The number of hydrogen-bond donors (Lipinski definition) is 2. The molecule has 1 heterocycles. The van der Waals surface area contributed by atoms with Crippen LogP contribution in [0, 0.1) is 0 Å². The zero-order valence-electron chi connectivity index (χ0n) is 15.7. The molecule has 0 amide bonds. The summed E-state index contributed by atoms with van der Waals surface area (Å²) in [6.07, 6.45) is 3.85. The minimum absolute atomic E-state index is 0.550. The van der Waals surface area contributed by atoms with E-state index >= 15 is 0 Å². The maximum absolute atomic E-state index is 5.40. The summed E-state index contributed by atoms with van der Waals surface area (Å²) < 4.78 is 7.26. The number of methoxy groups -OCH3 is 1. The summed E-state index contributed by atoms with van der Waals surface area (Å²) in [6.45, 7) is 4.03. The molecule has 0 aliphatic rings. The number of guanidine groups is 1. The molecule has 0 fully saturated rings. The molecule has 3 rings (SSSR count). The Bertz CT molecular complexity index is 873. The average Bonchev–Trinajstić information content (AvgIpc) is 3.20. The summed E-state index contributed by atoms with van der Waals surface area (Å²) >= 11 is 0. The van der Waals surface area contributed by atoms with Gasteiger partial charge in [-0.3, -0.25) is 0 Å². The third kappa shape index (κ3) is 5.10. The molecule has 6 heteroatoms. The molecule has 0 saturated carbocycles. The molecule has 3 aromatic rings. The van der Waals surface area contributed by atoms with Crippen molar-refractivity contribution in [3.05, 3.63) is 78.1 Å². The first-order valence-corrected chi connectivity index (χ1v) is 9.03. The van der Waals surface area contributed by atoms with Gasteiger partial charge in [-0.25, -0.2) is 9.67 Å². The highest BCUT2D eigenvalue weighted by atomic mass is 16.5. The van der Waals surface area contributed by atoms with Crippen LogP contribution >= 0.6 is 0 Å². The summed E-state index contributed by atoms with van der Waals surface area (Å²) in [5, 5.41) is 11.0. The molecule has 140 valence electrons. The fourth-order valence-corrected chi connectivity index (χ4v) is 2.70. The van der Waals surface area contributed by atoms with Crippen molar-refractivity contribution in [3.8, 4) is 11.4 Å². The second-order valence-corrected chi connectivity index (χ2v) is 5.99. The van der Waals surface area contributed by atoms with Gasteiger partial charge in [0.15, 0.2) is 5.96 Å². The van der Waals surface area contributed by atoms with Gasteiger partial charge in [-0.15, -0.1) is 0 Å². The number of aromatic nitrogens is 2.